The molecule has 0 aliphatic carbocycles. The van der Waals surface area contributed by atoms with Crippen LogP contribution in [0.25, 0.3) is 0 Å². The molecular weight excluding hydrogens is 188 g/mol. The highest BCUT2D eigenvalue weighted by atomic mass is 16.5. The van der Waals surface area contributed by atoms with Crippen molar-refractivity contribution >= 4 is 11.4 Å². The lowest BCUT2D eigenvalue weighted by Crippen LogP contribution is -2.25. The number of benzene rings is 1. The SMILES string of the molecule is CCOc1cc(N)cc(N(C)C(C)C)c1. The van der Waals surface area contributed by atoms with Gasteiger partial charge in [-0.2, -0.15) is 0 Å². The molecule has 0 heterocycles. The topological polar surface area (TPSA) is 38.5 Å². The highest BCUT2D eigenvalue weighted by Crippen LogP contribution is 2.25. The first kappa shape index (κ1) is 11.7. The monoisotopic (exact) mass is 208 g/mol. The van der Waals surface area contributed by atoms with Crippen LogP contribution in [-0.2, 0) is 0 Å². The molecule has 0 spiro atoms. The van der Waals surface area contributed by atoms with Crippen molar-refractivity contribution in [2.24, 2.45) is 0 Å². The second kappa shape index (κ2) is 4.91. The van der Waals surface area contributed by atoms with Crippen molar-refractivity contribution in [3.8, 4) is 5.75 Å². The van der Waals surface area contributed by atoms with Crippen molar-refractivity contribution in [1.82, 2.24) is 0 Å². The fourth-order valence-corrected chi connectivity index (χ4v) is 1.36. The molecule has 3 nitrogen and oxygen atoms in total. The van der Waals surface area contributed by atoms with Crippen molar-refractivity contribution in [1.29, 1.82) is 0 Å². The molecule has 0 aromatic heterocycles. The van der Waals surface area contributed by atoms with Gasteiger partial charge in [0.1, 0.15) is 5.75 Å². The molecule has 2 N–H and O–H groups in total. The Bertz CT molecular complexity index is 323. The summed E-state index contributed by atoms with van der Waals surface area (Å²) >= 11 is 0. The zero-order chi connectivity index (χ0) is 11.4. The van der Waals surface area contributed by atoms with Gasteiger partial charge < -0.3 is 15.4 Å². The normalized spacial score (nSPS) is 10.5. The summed E-state index contributed by atoms with van der Waals surface area (Å²) in [6.07, 6.45) is 0. The predicted molar refractivity (Wildman–Crippen MR) is 65.6 cm³/mol. The van der Waals surface area contributed by atoms with Gasteiger partial charge in [-0.25, -0.2) is 0 Å². The Morgan fingerprint density at radius 3 is 2.53 bits per heavy atom. The fraction of sp³-hybridized carbons (Fsp3) is 0.500. The molecule has 0 saturated heterocycles. The Hall–Kier alpha value is -1.38. The first-order chi connectivity index (χ1) is 7.04. The molecule has 0 saturated carbocycles. The van der Waals surface area contributed by atoms with E-state index in [1.807, 2.05) is 25.1 Å². The molecule has 0 fully saturated rings. The zero-order valence-electron chi connectivity index (χ0n) is 9.95. The summed E-state index contributed by atoms with van der Waals surface area (Å²) < 4.78 is 5.45. The van der Waals surface area contributed by atoms with Crippen LogP contribution in [0, 0.1) is 0 Å². The smallest absolute Gasteiger partial charge is 0.123 e. The fourth-order valence-electron chi connectivity index (χ4n) is 1.36. The molecule has 3 heteroatoms. The maximum Gasteiger partial charge on any atom is 0.123 e. The first-order valence-electron chi connectivity index (χ1n) is 5.30. The van der Waals surface area contributed by atoms with Crippen LogP contribution in [-0.4, -0.2) is 19.7 Å². The van der Waals surface area contributed by atoms with Gasteiger partial charge in [0.2, 0.25) is 0 Å². The second-order valence-electron chi connectivity index (χ2n) is 3.90. The summed E-state index contributed by atoms with van der Waals surface area (Å²) in [4.78, 5) is 2.17. The molecule has 1 aromatic rings. The third kappa shape index (κ3) is 3.05. The molecule has 84 valence electrons. The van der Waals surface area contributed by atoms with Crippen molar-refractivity contribution < 1.29 is 4.74 Å². The first-order valence-corrected chi connectivity index (χ1v) is 5.30. The van der Waals surface area contributed by atoms with Gasteiger partial charge in [0.05, 0.1) is 6.61 Å². The Morgan fingerprint density at radius 1 is 1.33 bits per heavy atom. The molecular formula is C12H20N2O. The Balaban J connectivity index is 2.97. The lowest BCUT2D eigenvalue weighted by atomic mass is 10.2. The predicted octanol–water partition coefficient (Wildman–Crippen LogP) is 2.51. The van der Waals surface area contributed by atoms with E-state index < -0.39 is 0 Å². The average Bonchev–Trinajstić information content (AvgIpc) is 2.16. The van der Waals surface area contributed by atoms with E-state index in [0.29, 0.717) is 12.6 Å². The summed E-state index contributed by atoms with van der Waals surface area (Å²) in [6, 6.07) is 6.27. The summed E-state index contributed by atoms with van der Waals surface area (Å²) in [5.41, 5.74) is 7.65. The van der Waals surface area contributed by atoms with E-state index in [0.717, 1.165) is 17.1 Å². The maximum atomic E-state index is 5.82. The van der Waals surface area contributed by atoms with Gasteiger partial charge >= 0.3 is 0 Å². The number of hydrogen-bond acceptors (Lipinski definition) is 3. The minimum absolute atomic E-state index is 0.446. The molecule has 1 aromatic carbocycles. The van der Waals surface area contributed by atoms with E-state index in [4.69, 9.17) is 10.5 Å². The lowest BCUT2D eigenvalue weighted by Gasteiger charge is -2.24. The van der Waals surface area contributed by atoms with E-state index in [2.05, 4.69) is 25.8 Å². The number of anilines is 2. The highest BCUT2D eigenvalue weighted by Gasteiger charge is 2.07. The number of hydrogen-bond donors (Lipinski definition) is 1. The Labute approximate surface area is 91.8 Å². The molecule has 0 unspecified atom stereocenters. The average molecular weight is 208 g/mol. The van der Waals surface area contributed by atoms with Crippen LogP contribution in [0.15, 0.2) is 18.2 Å². The number of rotatable bonds is 4. The number of nitrogens with zero attached hydrogens (tertiary/aromatic N) is 1. The van der Waals surface area contributed by atoms with Crippen molar-refractivity contribution in [2.75, 3.05) is 24.3 Å². The maximum absolute atomic E-state index is 5.82. The summed E-state index contributed by atoms with van der Waals surface area (Å²) in [5.74, 6) is 0.833. The largest absolute Gasteiger partial charge is 0.494 e. The van der Waals surface area contributed by atoms with Gasteiger partial charge in [0, 0.05) is 36.6 Å². The number of ether oxygens (including phenoxy) is 1. The minimum atomic E-state index is 0.446. The zero-order valence-corrected chi connectivity index (χ0v) is 9.95. The third-order valence-electron chi connectivity index (χ3n) is 2.41. The molecule has 0 radical (unpaired) electrons. The number of nitrogens with two attached hydrogens (primary N) is 1. The van der Waals surface area contributed by atoms with Crippen LogP contribution in [0.1, 0.15) is 20.8 Å². The van der Waals surface area contributed by atoms with Gasteiger partial charge in [0.25, 0.3) is 0 Å². The minimum Gasteiger partial charge on any atom is -0.494 e. The molecule has 0 aliphatic rings. The lowest BCUT2D eigenvalue weighted by molar-refractivity contribution is 0.340. The highest BCUT2D eigenvalue weighted by molar-refractivity contribution is 5.60. The summed E-state index contributed by atoms with van der Waals surface area (Å²) in [5, 5.41) is 0. The molecule has 0 bridgehead atoms. The standard InChI is InChI=1S/C12H20N2O/c1-5-15-12-7-10(13)6-11(8-12)14(4)9(2)3/h6-9H,5,13H2,1-4H3. The van der Waals surface area contributed by atoms with E-state index >= 15 is 0 Å². The molecule has 1 rings (SSSR count). The third-order valence-corrected chi connectivity index (χ3v) is 2.41. The Morgan fingerprint density at radius 2 is 2.00 bits per heavy atom. The summed E-state index contributed by atoms with van der Waals surface area (Å²) in [6.45, 7) is 6.91. The van der Waals surface area contributed by atoms with E-state index in [1.165, 1.54) is 0 Å². The molecule has 0 aliphatic heterocycles. The van der Waals surface area contributed by atoms with Crippen LogP contribution in [0.4, 0.5) is 11.4 Å². The Kier molecular flexibility index (Phi) is 3.83. The van der Waals surface area contributed by atoms with Crippen molar-refractivity contribution in [3.63, 3.8) is 0 Å². The summed E-state index contributed by atoms with van der Waals surface area (Å²) in [7, 11) is 2.05. The van der Waals surface area contributed by atoms with E-state index in [9.17, 15) is 0 Å². The van der Waals surface area contributed by atoms with Crippen LogP contribution in [0.2, 0.25) is 0 Å². The van der Waals surface area contributed by atoms with Crippen LogP contribution in [0.3, 0.4) is 0 Å². The van der Waals surface area contributed by atoms with Gasteiger partial charge in [-0.3, -0.25) is 0 Å². The van der Waals surface area contributed by atoms with Crippen LogP contribution in [0.5, 0.6) is 5.75 Å². The van der Waals surface area contributed by atoms with E-state index in [1.54, 1.807) is 0 Å². The molecule has 0 amide bonds. The van der Waals surface area contributed by atoms with Gasteiger partial charge in [-0.1, -0.05) is 0 Å². The van der Waals surface area contributed by atoms with Crippen molar-refractivity contribution in [2.45, 2.75) is 26.8 Å². The quantitative estimate of drug-likeness (QED) is 0.773. The molecule has 15 heavy (non-hydrogen) atoms. The van der Waals surface area contributed by atoms with E-state index in [-0.39, 0.29) is 0 Å². The van der Waals surface area contributed by atoms with Gasteiger partial charge in [-0.05, 0) is 26.8 Å². The van der Waals surface area contributed by atoms with Crippen LogP contribution < -0.4 is 15.4 Å². The molecule has 0 atom stereocenters. The number of nitrogen functional groups attached to an aromatic ring is 1. The van der Waals surface area contributed by atoms with Gasteiger partial charge in [-0.15, -0.1) is 0 Å². The van der Waals surface area contributed by atoms with Crippen molar-refractivity contribution in [3.05, 3.63) is 18.2 Å². The second-order valence-corrected chi connectivity index (χ2v) is 3.90. The van der Waals surface area contributed by atoms with Gasteiger partial charge in [0.15, 0.2) is 0 Å². The van der Waals surface area contributed by atoms with Crippen LogP contribution >= 0.6 is 0 Å².